The van der Waals surface area contributed by atoms with Crippen molar-refractivity contribution < 1.29 is 0 Å². The molecule has 0 heteroatoms. The summed E-state index contributed by atoms with van der Waals surface area (Å²) in [5, 5.41) is 0. The van der Waals surface area contributed by atoms with Gasteiger partial charge in [0.25, 0.3) is 0 Å². The molecule has 0 amide bonds. The molecule has 2 fully saturated rings. The van der Waals surface area contributed by atoms with Crippen molar-refractivity contribution in [2.45, 2.75) is 46.0 Å². The van der Waals surface area contributed by atoms with Crippen molar-refractivity contribution >= 4 is 0 Å². The van der Waals surface area contributed by atoms with E-state index in [9.17, 15) is 0 Å². The average Bonchev–Trinajstić information content (AvgIpc) is 2.86. The van der Waals surface area contributed by atoms with Gasteiger partial charge in [-0.2, -0.15) is 0 Å². The van der Waals surface area contributed by atoms with Crippen LogP contribution in [0.3, 0.4) is 0 Å². The normalized spacial score (nSPS) is 30.0. The zero-order chi connectivity index (χ0) is 7.84. The molecule has 0 heterocycles. The van der Waals surface area contributed by atoms with Gasteiger partial charge in [0.05, 0.1) is 0 Å². The molecule has 2 atom stereocenters. The van der Waals surface area contributed by atoms with Crippen LogP contribution in [-0.2, 0) is 0 Å². The summed E-state index contributed by atoms with van der Waals surface area (Å²) in [6.45, 7) is 4.87. The summed E-state index contributed by atoms with van der Waals surface area (Å²) in [5.74, 6) is 4.39. The van der Waals surface area contributed by atoms with Crippen LogP contribution in [0.15, 0.2) is 0 Å². The molecular weight excluding hydrogens is 132 g/mol. The van der Waals surface area contributed by atoms with Crippen LogP contribution in [0.5, 0.6) is 0 Å². The van der Waals surface area contributed by atoms with E-state index in [-0.39, 0.29) is 0 Å². The van der Waals surface area contributed by atoms with Gasteiger partial charge in [-0.15, -0.1) is 0 Å². The Kier molecular flexibility index (Phi) is 1.95. The van der Waals surface area contributed by atoms with Crippen molar-refractivity contribution in [3.8, 4) is 0 Å². The molecule has 0 aliphatic heterocycles. The second-order valence-corrected chi connectivity index (χ2v) is 4.61. The highest BCUT2D eigenvalue weighted by atomic mass is 14.4. The Bertz CT molecular complexity index is 131. The zero-order valence-electron chi connectivity index (χ0n) is 7.84. The van der Waals surface area contributed by atoms with Gasteiger partial charge in [-0.05, 0) is 49.4 Å². The molecular formula is C11H20. The van der Waals surface area contributed by atoms with Crippen molar-refractivity contribution in [3.05, 3.63) is 0 Å². The summed E-state index contributed by atoms with van der Waals surface area (Å²) in [6, 6.07) is 0. The van der Waals surface area contributed by atoms with E-state index in [1.807, 2.05) is 0 Å². The summed E-state index contributed by atoms with van der Waals surface area (Å²) >= 11 is 0. The van der Waals surface area contributed by atoms with Crippen LogP contribution < -0.4 is 0 Å². The Morgan fingerprint density at radius 2 is 1.64 bits per heavy atom. The Hall–Kier alpha value is 0. The quantitative estimate of drug-likeness (QED) is 0.578. The van der Waals surface area contributed by atoms with Crippen LogP contribution in [0.25, 0.3) is 0 Å². The van der Waals surface area contributed by atoms with Gasteiger partial charge < -0.3 is 0 Å². The summed E-state index contributed by atoms with van der Waals surface area (Å²) in [4.78, 5) is 0. The average molecular weight is 152 g/mol. The smallest absolute Gasteiger partial charge is 0.0360 e. The molecule has 2 rings (SSSR count). The fourth-order valence-electron chi connectivity index (χ4n) is 2.63. The summed E-state index contributed by atoms with van der Waals surface area (Å²) in [6.07, 6.45) is 7.57. The minimum absolute atomic E-state index is 1.05. The second-order valence-electron chi connectivity index (χ2n) is 4.61. The standard InChI is InChI=1S/C11H20/c1-3-11(10-6-7-10)8(2)9-4-5-9/h8-11H,3-7H2,1-2H3. The van der Waals surface area contributed by atoms with E-state index in [0.29, 0.717) is 0 Å². The van der Waals surface area contributed by atoms with E-state index in [4.69, 9.17) is 0 Å². The lowest BCUT2D eigenvalue weighted by Crippen LogP contribution is -2.14. The van der Waals surface area contributed by atoms with Gasteiger partial charge in [0.1, 0.15) is 0 Å². The van der Waals surface area contributed by atoms with Gasteiger partial charge in [0.15, 0.2) is 0 Å². The Labute approximate surface area is 70.4 Å². The first kappa shape index (κ1) is 7.64. The summed E-state index contributed by atoms with van der Waals surface area (Å²) < 4.78 is 0. The SMILES string of the molecule is CCC(C1CC1)C(C)C1CC1. The molecule has 0 aromatic rings. The summed E-state index contributed by atoms with van der Waals surface area (Å²) in [5.41, 5.74) is 0. The predicted octanol–water partition coefficient (Wildman–Crippen LogP) is 3.47. The van der Waals surface area contributed by atoms with Crippen molar-refractivity contribution in [1.82, 2.24) is 0 Å². The largest absolute Gasteiger partial charge is 0.0651 e. The molecule has 11 heavy (non-hydrogen) atoms. The van der Waals surface area contributed by atoms with Crippen LogP contribution in [-0.4, -0.2) is 0 Å². The van der Waals surface area contributed by atoms with Gasteiger partial charge in [-0.25, -0.2) is 0 Å². The molecule has 0 nitrogen and oxygen atoms in total. The van der Waals surface area contributed by atoms with Crippen molar-refractivity contribution in [1.29, 1.82) is 0 Å². The Morgan fingerprint density at radius 3 is 2.00 bits per heavy atom. The molecule has 0 bridgehead atoms. The van der Waals surface area contributed by atoms with Gasteiger partial charge in [0.2, 0.25) is 0 Å². The van der Waals surface area contributed by atoms with Gasteiger partial charge in [0, 0.05) is 0 Å². The van der Waals surface area contributed by atoms with Crippen LogP contribution in [0, 0.1) is 23.7 Å². The molecule has 64 valence electrons. The monoisotopic (exact) mass is 152 g/mol. The predicted molar refractivity (Wildman–Crippen MR) is 48.4 cm³/mol. The van der Waals surface area contributed by atoms with E-state index in [1.165, 1.54) is 32.1 Å². The minimum atomic E-state index is 1.05. The van der Waals surface area contributed by atoms with Crippen molar-refractivity contribution in [2.75, 3.05) is 0 Å². The number of hydrogen-bond acceptors (Lipinski definition) is 0. The van der Waals surface area contributed by atoms with E-state index >= 15 is 0 Å². The van der Waals surface area contributed by atoms with Crippen LogP contribution in [0.4, 0.5) is 0 Å². The molecule has 2 aliphatic rings. The third kappa shape index (κ3) is 1.60. The molecule has 0 saturated heterocycles. The highest BCUT2D eigenvalue weighted by molar-refractivity contribution is 4.89. The van der Waals surface area contributed by atoms with Crippen LogP contribution in [0.1, 0.15) is 46.0 Å². The lowest BCUT2D eigenvalue weighted by molar-refractivity contribution is 0.277. The maximum absolute atomic E-state index is 2.49. The third-order valence-electron chi connectivity index (χ3n) is 3.74. The van der Waals surface area contributed by atoms with Gasteiger partial charge in [-0.1, -0.05) is 20.3 Å². The molecule has 0 aromatic carbocycles. The fourth-order valence-corrected chi connectivity index (χ4v) is 2.63. The molecule has 2 aliphatic carbocycles. The molecule has 0 N–H and O–H groups in total. The second kappa shape index (κ2) is 2.80. The topological polar surface area (TPSA) is 0 Å². The van der Waals surface area contributed by atoms with Gasteiger partial charge >= 0.3 is 0 Å². The van der Waals surface area contributed by atoms with E-state index < -0.39 is 0 Å². The first-order valence-corrected chi connectivity index (χ1v) is 5.33. The Morgan fingerprint density at radius 1 is 1.09 bits per heavy atom. The zero-order valence-corrected chi connectivity index (χ0v) is 7.84. The fraction of sp³-hybridized carbons (Fsp3) is 1.00. The summed E-state index contributed by atoms with van der Waals surface area (Å²) in [7, 11) is 0. The van der Waals surface area contributed by atoms with Crippen molar-refractivity contribution in [3.63, 3.8) is 0 Å². The molecule has 0 spiro atoms. The number of rotatable bonds is 4. The van der Waals surface area contributed by atoms with Gasteiger partial charge in [-0.3, -0.25) is 0 Å². The molecule has 2 saturated carbocycles. The molecule has 2 unspecified atom stereocenters. The van der Waals surface area contributed by atoms with E-state index in [0.717, 1.165) is 23.7 Å². The van der Waals surface area contributed by atoms with E-state index in [1.54, 1.807) is 0 Å². The number of hydrogen-bond donors (Lipinski definition) is 0. The van der Waals surface area contributed by atoms with E-state index in [2.05, 4.69) is 13.8 Å². The highest BCUT2D eigenvalue weighted by Gasteiger charge is 2.39. The highest BCUT2D eigenvalue weighted by Crippen LogP contribution is 2.49. The maximum atomic E-state index is 2.49. The first-order valence-electron chi connectivity index (χ1n) is 5.33. The molecule has 0 aromatic heterocycles. The lowest BCUT2D eigenvalue weighted by Gasteiger charge is -2.21. The third-order valence-corrected chi connectivity index (χ3v) is 3.74. The minimum Gasteiger partial charge on any atom is -0.0651 e. The van der Waals surface area contributed by atoms with Crippen molar-refractivity contribution in [2.24, 2.45) is 23.7 Å². The van der Waals surface area contributed by atoms with Crippen LogP contribution >= 0.6 is 0 Å². The maximum Gasteiger partial charge on any atom is -0.0360 e. The lowest BCUT2D eigenvalue weighted by atomic mass is 9.84. The Balaban J connectivity index is 1.86. The van der Waals surface area contributed by atoms with Crippen LogP contribution in [0.2, 0.25) is 0 Å². The molecule has 0 radical (unpaired) electrons. The first-order chi connectivity index (χ1) is 5.33.